The van der Waals surface area contributed by atoms with E-state index >= 15 is 0 Å². The Morgan fingerprint density at radius 1 is 1.47 bits per heavy atom. The van der Waals surface area contributed by atoms with Crippen molar-refractivity contribution in [3.05, 3.63) is 12.7 Å². The first kappa shape index (κ1) is 17.8. The Labute approximate surface area is 120 Å². The molecule has 1 unspecified atom stereocenters. The van der Waals surface area contributed by atoms with Crippen LogP contribution in [0, 0.1) is 5.92 Å². The predicted molar refractivity (Wildman–Crippen MR) is 77.6 cm³/mol. The average molecular weight is 289 g/mol. The Morgan fingerprint density at radius 3 is 2.53 bits per heavy atom. The van der Waals surface area contributed by atoms with Crippen molar-refractivity contribution in [1.29, 1.82) is 0 Å². The third-order valence-corrected chi connectivity index (χ3v) is 2.68. The van der Waals surface area contributed by atoms with Crippen molar-refractivity contribution in [2.24, 2.45) is 5.92 Å². The van der Waals surface area contributed by atoms with Gasteiger partial charge in [-0.15, -0.1) is 6.58 Å². The summed E-state index contributed by atoms with van der Waals surface area (Å²) in [6.45, 7) is 7.82. The van der Waals surface area contributed by atoms with Crippen LogP contribution in [0.25, 0.3) is 0 Å². The summed E-state index contributed by atoms with van der Waals surface area (Å²) in [5, 5.41) is 9.25. The van der Waals surface area contributed by atoms with Crippen LogP contribution in [0.2, 0.25) is 0 Å². The van der Waals surface area contributed by atoms with Crippen molar-refractivity contribution in [1.82, 2.24) is 4.90 Å². The van der Waals surface area contributed by atoms with Crippen LogP contribution in [0.5, 0.6) is 0 Å². The van der Waals surface area contributed by atoms with Gasteiger partial charge in [-0.05, 0) is 18.8 Å². The third kappa shape index (κ3) is 7.10. The Kier molecular flexibility index (Phi) is 9.12. The van der Waals surface area contributed by atoms with Crippen LogP contribution < -0.4 is 0 Å². The van der Waals surface area contributed by atoms with E-state index in [4.69, 9.17) is 4.74 Å². The van der Waals surface area contributed by atoms with E-state index in [9.17, 15) is 14.7 Å². The fourth-order valence-corrected chi connectivity index (χ4v) is 1.82. The fraction of sp³-hybridized carbons (Fsp3) is 0.692. The minimum Gasteiger partial charge on any atom is -0.480 e. The normalized spacial score (nSPS) is 12.0. The minimum absolute atomic E-state index is 0.171. The molecule has 1 N–H and O–H groups in total. The molecule has 0 aromatic heterocycles. The largest absolute Gasteiger partial charge is 0.480 e. The van der Waals surface area contributed by atoms with Gasteiger partial charge in [-0.3, -0.25) is 4.90 Å². The van der Waals surface area contributed by atoms with Gasteiger partial charge in [0, 0.05) is 12.3 Å². The molecule has 0 aromatic rings. The van der Waals surface area contributed by atoms with Gasteiger partial charge in [0.2, 0.25) is 0 Å². The smallest absolute Gasteiger partial charge is 0.410 e. The number of aliphatic carboxylic acids is 1. The molecule has 0 bridgehead atoms. The van der Waals surface area contributed by atoms with E-state index in [1.54, 1.807) is 6.08 Å². The summed E-state index contributed by atoms with van der Waals surface area (Å²) in [4.78, 5) is 24.4. The van der Waals surface area contributed by atoms with Crippen molar-refractivity contribution >= 4 is 24.7 Å². The number of nitrogens with zero attached hydrogens (tertiary/aromatic N) is 1. The Balaban J connectivity index is 4.75. The number of hydrogen-bond acceptors (Lipinski definition) is 4. The van der Waals surface area contributed by atoms with Crippen LogP contribution in [-0.4, -0.2) is 47.0 Å². The molecule has 0 rings (SSSR count). The van der Waals surface area contributed by atoms with E-state index in [0.29, 0.717) is 18.6 Å². The standard InChI is InChI=1S/C13H23NO4S/c1-4-5-7-18-13(17)14(6-8-19)11(12(15)16)9-10(2)3/h4,10-11,19H,1,5-9H2,2-3H3,(H,15,16). The second kappa shape index (κ2) is 9.72. The van der Waals surface area contributed by atoms with E-state index in [-0.39, 0.29) is 19.1 Å². The molecular formula is C13H23NO4S. The number of carbonyl (C=O) groups excluding carboxylic acids is 1. The van der Waals surface area contributed by atoms with Crippen molar-refractivity contribution in [3.63, 3.8) is 0 Å². The van der Waals surface area contributed by atoms with Gasteiger partial charge in [0.25, 0.3) is 0 Å². The lowest BCUT2D eigenvalue weighted by molar-refractivity contribution is -0.143. The molecule has 0 heterocycles. The van der Waals surface area contributed by atoms with E-state index in [1.165, 1.54) is 4.90 Å². The number of carboxylic acids is 1. The van der Waals surface area contributed by atoms with Crippen LogP contribution in [0.3, 0.4) is 0 Å². The Hall–Kier alpha value is -1.17. The zero-order chi connectivity index (χ0) is 14.8. The van der Waals surface area contributed by atoms with Crippen LogP contribution in [0.15, 0.2) is 12.7 Å². The van der Waals surface area contributed by atoms with Gasteiger partial charge in [-0.2, -0.15) is 12.6 Å². The van der Waals surface area contributed by atoms with Gasteiger partial charge in [-0.1, -0.05) is 19.9 Å². The summed E-state index contributed by atoms with van der Waals surface area (Å²) in [5.74, 6) is -0.459. The molecule has 0 saturated heterocycles. The minimum atomic E-state index is -1.02. The Morgan fingerprint density at radius 2 is 2.11 bits per heavy atom. The molecule has 0 radical (unpaired) electrons. The quantitative estimate of drug-likeness (QED) is 0.389. The topological polar surface area (TPSA) is 66.8 Å². The molecule has 0 aliphatic carbocycles. The number of thiol groups is 1. The van der Waals surface area contributed by atoms with Gasteiger partial charge >= 0.3 is 12.1 Å². The maximum atomic E-state index is 11.9. The molecule has 1 amide bonds. The van der Waals surface area contributed by atoms with E-state index in [1.807, 2.05) is 13.8 Å². The highest BCUT2D eigenvalue weighted by Crippen LogP contribution is 2.14. The molecule has 0 saturated carbocycles. The lowest BCUT2D eigenvalue weighted by Gasteiger charge is -2.28. The molecule has 110 valence electrons. The van der Waals surface area contributed by atoms with Crippen LogP contribution in [0.4, 0.5) is 4.79 Å². The molecular weight excluding hydrogens is 266 g/mol. The number of amides is 1. The number of hydrogen-bond donors (Lipinski definition) is 2. The third-order valence-electron chi connectivity index (χ3n) is 2.48. The first-order valence-corrected chi connectivity index (χ1v) is 6.95. The summed E-state index contributed by atoms with van der Waals surface area (Å²) in [5.41, 5.74) is 0. The summed E-state index contributed by atoms with van der Waals surface area (Å²) < 4.78 is 5.03. The fourth-order valence-electron chi connectivity index (χ4n) is 1.60. The van der Waals surface area contributed by atoms with Gasteiger partial charge in [-0.25, -0.2) is 9.59 Å². The first-order valence-electron chi connectivity index (χ1n) is 6.32. The zero-order valence-corrected chi connectivity index (χ0v) is 12.4. The molecule has 0 spiro atoms. The second-order valence-corrected chi connectivity index (χ2v) is 5.04. The number of rotatable bonds is 9. The number of ether oxygens (including phenoxy) is 1. The Bertz CT molecular complexity index is 307. The molecule has 19 heavy (non-hydrogen) atoms. The molecule has 5 nitrogen and oxygen atoms in total. The molecule has 0 aliphatic heterocycles. The SMILES string of the molecule is C=CCCOC(=O)N(CCS)C(CC(C)C)C(=O)O. The van der Waals surface area contributed by atoms with Crippen LogP contribution in [0.1, 0.15) is 26.7 Å². The monoisotopic (exact) mass is 289 g/mol. The zero-order valence-electron chi connectivity index (χ0n) is 11.5. The highest BCUT2D eigenvalue weighted by atomic mass is 32.1. The molecule has 6 heteroatoms. The summed E-state index contributed by atoms with van der Waals surface area (Å²) in [6, 6.07) is -0.872. The lowest BCUT2D eigenvalue weighted by Crippen LogP contribution is -2.47. The summed E-state index contributed by atoms with van der Waals surface area (Å²) >= 11 is 4.06. The highest BCUT2D eigenvalue weighted by molar-refractivity contribution is 7.80. The lowest BCUT2D eigenvalue weighted by atomic mass is 10.0. The van der Waals surface area contributed by atoms with Crippen molar-refractivity contribution in [2.75, 3.05) is 18.9 Å². The van der Waals surface area contributed by atoms with Gasteiger partial charge < -0.3 is 9.84 Å². The number of carboxylic acid groups (broad SMARTS) is 1. The first-order chi connectivity index (χ1) is 8.93. The molecule has 0 aromatic carbocycles. The van der Waals surface area contributed by atoms with Gasteiger partial charge in [0.1, 0.15) is 6.04 Å². The van der Waals surface area contributed by atoms with E-state index < -0.39 is 18.1 Å². The average Bonchev–Trinajstić information content (AvgIpc) is 2.33. The van der Waals surface area contributed by atoms with Crippen LogP contribution in [-0.2, 0) is 9.53 Å². The second-order valence-electron chi connectivity index (χ2n) is 4.59. The molecule has 1 atom stereocenters. The summed E-state index contributed by atoms with van der Waals surface area (Å²) in [7, 11) is 0. The predicted octanol–water partition coefficient (Wildman–Crippen LogP) is 2.43. The van der Waals surface area contributed by atoms with Crippen LogP contribution >= 0.6 is 12.6 Å². The van der Waals surface area contributed by atoms with E-state index in [0.717, 1.165) is 0 Å². The molecule has 0 aliphatic rings. The maximum absolute atomic E-state index is 11.9. The maximum Gasteiger partial charge on any atom is 0.410 e. The number of carbonyl (C=O) groups is 2. The van der Waals surface area contributed by atoms with Crippen molar-refractivity contribution < 1.29 is 19.4 Å². The summed E-state index contributed by atoms with van der Waals surface area (Å²) in [6.07, 6.45) is 1.96. The van der Waals surface area contributed by atoms with E-state index in [2.05, 4.69) is 19.2 Å². The van der Waals surface area contributed by atoms with Crippen molar-refractivity contribution in [2.45, 2.75) is 32.7 Å². The van der Waals surface area contributed by atoms with Gasteiger partial charge in [0.05, 0.1) is 6.61 Å². The molecule has 0 fully saturated rings. The highest BCUT2D eigenvalue weighted by Gasteiger charge is 2.30. The van der Waals surface area contributed by atoms with Gasteiger partial charge in [0.15, 0.2) is 0 Å². The van der Waals surface area contributed by atoms with Crippen molar-refractivity contribution in [3.8, 4) is 0 Å².